The highest BCUT2D eigenvalue weighted by Gasteiger charge is 2.45. The van der Waals surface area contributed by atoms with Crippen molar-refractivity contribution in [2.75, 3.05) is 0 Å². The number of amides is 2. The number of urea groups is 1. The van der Waals surface area contributed by atoms with Crippen LogP contribution in [0.25, 0.3) is 0 Å². The summed E-state index contributed by atoms with van der Waals surface area (Å²) in [5.74, 6) is -0.334. The average Bonchev–Trinajstić information content (AvgIpc) is 2.95. The molecule has 0 radical (unpaired) electrons. The fourth-order valence-corrected chi connectivity index (χ4v) is 2.03. The molecule has 2 unspecified atom stereocenters. The van der Waals surface area contributed by atoms with Crippen LogP contribution in [0.4, 0.5) is 4.79 Å². The summed E-state index contributed by atoms with van der Waals surface area (Å²) in [5.41, 5.74) is -1.85. The molecule has 19 heavy (non-hydrogen) atoms. The van der Waals surface area contributed by atoms with Gasteiger partial charge in [-0.2, -0.15) is 0 Å². The van der Waals surface area contributed by atoms with Gasteiger partial charge >= 0.3 is 12.0 Å². The molecular weight excluding hydrogens is 244 g/mol. The lowest BCUT2D eigenvalue weighted by Crippen LogP contribution is -2.59. The van der Waals surface area contributed by atoms with Crippen LogP contribution in [0.3, 0.4) is 0 Å². The first kappa shape index (κ1) is 15.8. The van der Waals surface area contributed by atoms with Gasteiger partial charge in [-0.05, 0) is 46.5 Å². The Morgan fingerprint density at radius 1 is 1.26 bits per heavy atom. The van der Waals surface area contributed by atoms with E-state index in [0.717, 1.165) is 19.3 Å². The Kier molecular flexibility index (Phi) is 4.48. The summed E-state index contributed by atoms with van der Waals surface area (Å²) in [4.78, 5) is 23.2. The number of hydrogen-bond acceptors (Lipinski definition) is 2. The smallest absolute Gasteiger partial charge is 0.315 e. The van der Waals surface area contributed by atoms with Crippen molar-refractivity contribution in [3.8, 4) is 0 Å². The summed E-state index contributed by atoms with van der Waals surface area (Å²) in [6, 6.07) is -0.0216. The van der Waals surface area contributed by atoms with E-state index in [2.05, 4.69) is 17.6 Å². The minimum atomic E-state index is -1.03. The number of hydrogen-bond donors (Lipinski definition) is 3. The van der Waals surface area contributed by atoms with Crippen molar-refractivity contribution in [3.05, 3.63) is 0 Å². The van der Waals surface area contributed by atoms with E-state index >= 15 is 0 Å². The Morgan fingerprint density at radius 2 is 1.84 bits per heavy atom. The van der Waals surface area contributed by atoms with Gasteiger partial charge < -0.3 is 15.7 Å². The van der Waals surface area contributed by atoms with Crippen molar-refractivity contribution in [2.24, 2.45) is 11.3 Å². The Hall–Kier alpha value is -1.26. The first-order valence-electron chi connectivity index (χ1n) is 6.94. The van der Waals surface area contributed by atoms with E-state index < -0.39 is 16.9 Å². The fraction of sp³-hybridized carbons (Fsp3) is 0.857. The Morgan fingerprint density at radius 3 is 2.32 bits per heavy atom. The van der Waals surface area contributed by atoms with Crippen LogP contribution >= 0.6 is 0 Å². The minimum absolute atomic E-state index is 0.253. The quantitative estimate of drug-likeness (QED) is 0.693. The number of carbonyl (C=O) groups excluding carboxylic acids is 1. The zero-order valence-electron chi connectivity index (χ0n) is 12.5. The average molecular weight is 270 g/mol. The maximum absolute atomic E-state index is 11.9. The molecule has 2 amide bonds. The third-order valence-electron chi connectivity index (χ3n) is 4.42. The Balaban J connectivity index is 2.50. The second-order valence-electron chi connectivity index (χ2n) is 6.54. The molecule has 1 fully saturated rings. The third-order valence-corrected chi connectivity index (χ3v) is 4.42. The molecule has 0 aromatic carbocycles. The molecule has 0 heterocycles. The zero-order chi connectivity index (χ0) is 14.8. The van der Waals surface area contributed by atoms with Crippen molar-refractivity contribution >= 4 is 12.0 Å². The monoisotopic (exact) mass is 270 g/mol. The number of carboxylic acids is 1. The van der Waals surface area contributed by atoms with Crippen molar-refractivity contribution in [3.63, 3.8) is 0 Å². The molecule has 1 rings (SSSR count). The first-order valence-corrected chi connectivity index (χ1v) is 6.94. The van der Waals surface area contributed by atoms with E-state index in [1.54, 1.807) is 27.7 Å². The predicted molar refractivity (Wildman–Crippen MR) is 74.0 cm³/mol. The van der Waals surface area contributed by atoms with Gasteiger partial charge in [0.05, 0.1) is 11.0 Å². The highest BCUT2D eigenvalue weighted by Crippen LogP contribution is 2.35. The van der Waals surface area contributed by atoms with Crippen LogP contribution in [0.2, 0.25) is 0 Å². The molecule has 5 nitrogen and oxygen atoms in total. The topological polar surface area (TPSA) is 78.4 Å². The van der Waals surface area contributed by atoms with Gasteiger partial charge in [0.1, 0.15) is 0 Å². The summed E-state index contributed by atoms with van der Waals surface area (Å²) < 4.78 is 0. The molecular formula is C14H26N2O3. The number of carboxylic acid groups (broad SMARTS) is 1. The Bertz CT molecular complexity index is 364. The molecule has 0 aromatic rings. The third kappa shape index (κ3) is 3.61. The van der Waals surface area contributed by atoms with Crippen LogP contribution in [-0.2, 0) is 4.79 Å². The maximum Gasteiger partial charge on any atom is 0.315 e. The van der Waals surface area contributed by atoms with Crippen molar-refractivity contribution in [1.82, 2.24) is 10.6 Å². The van der Waals surface area contributed by atoms with Crippen molar-refractivity contribution in [1.29, 1.82) is 0 Å². The number of rotatable bonds is 6. The predicted octanol–water partition coefficient (Wildman–Crippen LogP) is 2.36. The minimum Gasteiger partial charge on any atom is -0.481 e. The fourth-order valence-electron chi connectivity index (χ4n) is 2.03. The molecule has 0 saturated heterocycles. The second-order valence-corrected chi connectivity index (χ2v) is 6.54. The summed E-state index contributed by atoms with van der Waals surface area (Å²) in [7, 11) is 0. The van der Waals surface area contributed by atoms with Gasteiger partial charge in [-0.3, -0.25) is 4.79 Å². The molecule has 110 valence electrons. The van der Waals surface area contributed by atoms with Gasteiger partial charge in [-0.1, -0.05) is 13.3 Å². The zero-order valence-corrected chi connectivity index (χ0v) is 12.5. The summed E-state index contributed by atoms with van der Waals surface area (Å²) in [6.07, 6.45) is 3.29. The van der Waals surface area contributed by atoms with Crippen LogP contribution in [0.1, 0.15) is 53.9 Å². The van der Waals surface area contributed by atoms with Gasteiger partial charge in [-0.15, -0.1) is 0 Å². The summed E-state index contributed by atoms with van der Waals surface area (Å²) >= 11 is 0. The number of nitrogens with one attached hydrogen (secondary N) is 2. The molecule has 1 saturated carbocycles. The highest BCUT2D eigenvalue weighted by molar-refractivity contribution is 5.80. The van der Waals surface area contributed by atoms with Crippen molar-refractivity contribution in [2.45, 2.75) is 65.5 Å². The van der Waals surface area contributed by atoms with E-state index in [4.69, 9.17) is 0 Å². The summed E-state index contributed by atoms with van der Waals surface area (Å²) in [6.45, 7) is 8.83. The molecule has 1 aliphatic rings. The normalized spacial score (nSPS) is 22.8. The van der Waals surface area contributed by atoms with E-state index in [0.29, 0.717) is 5.92 Å². The van der Waals surface area contributed by atoms with E-state index in [1.165, 1.54) is 0 Å². The van der Waals surface area contributed by atoms with Crippen LogP contribution in [-0.4, -0.2) is 28.7 Å². The van der Waals surface area contributed by atoms with Gasteiger partial charge in [-0.25, -0.2) is 4.79 Å². The molecule has 2 atom stereocenters. The first-order chi connectivity index (χ1) is 8.61. The lowest BCUT2D eigenvalue weighted by molar-refractivity contribution is -0.150. The highest BCUT2D eigenvalue weighted by atomic mass is 16.4. The molecule has 0 bridgehead atoms. The lowest BCUT2D eigenvalue weighted by Gasteiger charge is -2.38. The van der Waals surface area contributed by atoms with Crippen LogP contribution in [0, 0.1) is 11.3 Å². The number of carbonyl (C=O) groups is 2. The molecule has 0 spiro atoms. The van der Waals surface area contributed by atoms with E-state index in [-0.39, 0.29) is 12.1 Å². The van der Waals surface area contributed by atoms with Gasteiger partial charge in [0.15, 0.2) is 0 Å². The molecule has 5 heteroatoms. The van der Waals surface area contributed by atoms with Crippen molar-refractivity contribution < 1.29 is 14.7 Å². The number of aliphatic carboxylic acids is 1. The lowest BCUT2D eigenvalue weighted by atomic mass is 9.74. The molecule has 3 N–H and O–H groups in total. The Labute approximate surface area is 115 Å². The van der Waals surface area contributed by atoms with Crippen LogP contribution in [0.15, 0.2) is 0 Å². The van der Waals surface area contributed by atoms with Crippen LogP contribution < -0.4 is 10.6 Å². The van der Waals surface area contributed by atoms with Crippen LogP contribution in [0.5, 0.6) is 0 Å². The van der Waals surface area contributed by atoms with Gasteiger partial charge in [0.25, 0.3) is 0 Å². The molecule has 1 aliphatic carbocycles. The van der Waals surface area contributed by atoms with Gasteiger partial charge in [0, 0.05) is 6.04 Å². The summed E-state index contributed by atoms with van der Waals surface area (Å²) in [5, 5.41) is 14.9. The SMILES string of the molecule is CCCC1CC1NC(=O)NC(C)(C)C(C)(C)C(=O)O. The largest absolute Gasteiger partial charge is 0.481 e. The van der Waals surface area contributed by atoms with E-state index in [1.807, 2.05) is 0 Å². The van der Waals surface area contributed by atoms with Gasteiger partial charge in [0.2, 0.25) is 0 Å². The molecule has 0 aromatic heterocycles. The standard InChI is InChI=1S/C14H26N2O3/c1-6-7-9-8-10(9)15-12(19)16-14(4,5)13(2,3)11(17)18/h9-10H,6-8H2,1-5H3,(H,17,18)(H2,15,16,19). The second kappa shape index (κ2) is 5.39. The maximum atomic E-state index is 11.9. The van der Waals surface area contributed by atoms with E-state index in [9.17, 15) is 14.7 Å². The molecule has 0 aliphatic heterocycles.